The van der Waals surface area contributed by atoms with Gasteiger partial charge in [0.25, 0.3) is 0 Å². The Hall–Kier alpha value is -1.10. The third-order valence-corrected chi connectivity index (χ3v) is 3.61. The maximum Gasteiger partial charge on any atom is 0.306 e. The van der Waals surface area contributed by atoms with Gasteiger partial charge in [-0.2, -0.15) is 0 Å². The summed E-state index contributed by atoms with van der Waals surface area (Å²) in [7, 11) is 5.81. The second-order valence-corrected chi connectivity index (χ2v) is 7.86. The molecule has 1 unspecified atom stereocenters. The second-order valence-electron chi connectivity index (χ2n) is 7.86. The molecule has 0 radical (unpaired) electrons. The predicted molar refractivity (Wildman–Crippen MR) is 89.6 cm³/mol. The SMILES string of the molecule is CC(C)CCCCCCCC(=O)OC(CC(=O)[O-])C[N+](C)(C)C. The summed E-state index contributed by atoms with van der Waals surface area (Å²) < 4.78 is 5.86. The molecule has 0 saturated carbocycles. The van der Waals surface area contributed by atoms with Crippen molar-refractivity contribution < 1.29 is 23.9 Å². The van der Waals surface area contributed by atoms with Crippen molar-refractivity contribution >= 4 is 11.9 Å². The molecule has 23 heavy (non-hydrogen) atoms. The van der Waals surface area contributed by atoms with E-state index in [0.717, 1.165) is 25.2 Å². The molecule has 0 spiro atoms. The number of esters is 1. The molecule has 0 fully saturated rings. The number of ether oxygens (including phenoxy) is 1. The fourth-order valence-corrected chi connectivity index (χ4v) is 2.54. The molecule has 0 aromatic carbocycles. The Morgan fingerprint density at radius 3 is 2.09 bits per heavy atom. The molecule has 0 aliphatic carbocycles. The number of quaternary nitrogens is 1. The van der Waals surface area contributed by atoms with Crippen molar-refractivity contribution in [3.63, 3.8) is 0 Å². The van der Waals surface area contributed by atoms with E-state index < -0.39 is 12.1 Å². The third-order valence-electron chi connectivity index (χ3n) is 3.61. The molecule has 0 aromatic heterocycles. The molecule has 0 aliphatic rings. The van der Waals surface area contributed by atoms with Crippen molar-refractivity contribution in [2.24, 2.45) is 5.92 Å². The summed E-state index contributed by atoms with van der Waals surface area (Å²) in [5.74, 6) is -0.722. The lowest BCUT2D eigenvalue weighted by atomic mass is 10.0. The minimum Gasteiger partial charge on any atom is -0.550 e. The lowest BCUT2D eigenvalue weighted by Gasteiger charge is -2.29. The zero-order chi connectivity index (χ0) is 17.9. The molecule has 0 aliphatic heterocycles. The lowest BCUT2D eigenvalue weighted by molar-refractivity contribution is -0.873. The van der Waals surface area contributed by atoms with Crippen LogP contribution in [-0.4, -0.2) is 50.2 Å². The van der Waals surface area contributed by atoms with Gasteiger partial charge < -0.3 is 19.1 Å². The summed E-state index contributed by atoms with van der Waals surface area (Å²) >= 11 is 0. The summed E-state index contributed by atoms with van der Waals surface area (Å²) in [5, 5.41) is 10.8. The van der Waals surface area contributed by atoms with Crippen LogP contribution in [0.5, 0.6) is 0 Å². The monoisotopic (exact) mass is 329 g/mol. The first-order chi connectivity index (χ1) is 10.6. The van der Waals surface area contributed by atoms with Crippen LogP contribution in [0.2, 0.25) is 0 Å². The molecule has 0 saturated heterocycles. The highest BCUT2D eigenvalue weighted by molar-refractivity contribution is 5.70. The van der Waals surface area contributed by atoms with Crippen LogP contribution < -0.4 is 5.11 Å². The number of unbranched alkanes of at least 4 members (excludes halogenated alkanes) is 4. The van der Waals surface area contributed by atoms with E-state index in [2.05, 4.69) is 13.8 Å². The maximum atomic E-state index is 11.9. The number of hydrogen-bond acceptors (Lipinski definition) is 4. The molecule has 5 nitrogen and oxygen atoms in total. The zero-order valence-corrected chi connectivity index (χ0v) is 15.6. The average molecular weight is 329 g/mol. The number of carboxylic acid groups (broad SMARTS) is 1. The van der Waals surface area contributed by atoms with Gasteiger partial charge in [0, 0.05) is 18.8 Å². The molecule has 136 valence electrons. The number of nitrogens with zero attached hydrogens (tertiary/aromatic N) is 1. The summed E-state index contributed by atoms with van der Waals surface area (Å²) in [6, 6.07) is 0. The molecule has 0 bridgehead atoms. The van der Waals surface area contributed by atoms with E-state index in [9.17, 15) is 14.7 Å². The van der Waals surface area contributed by atoms with Gasteiger partial charge in [0.1, 0.15) is 6.54 Å². The van der Waals surface area contributed by atoms with E-state index >= 15 is 0 Å². The molecular formula is C18H35NO4. The van der Waals surface area contributed by atoms with Crippen molar-refractivity contribution in [3.05, 3.63) is 0 Å². The van der Waals surface area contributed by atoms with E-state index in [1.165, 1.54) is 19.3 Å². The Morgan fingerprint density at radius 2 is 1.57 bits per heavy atom. The molecule has 0 aromatic rings. The molecule has 5 heteroatoms. The number of carboxylic acids is 1. The highest BCUT2D eigenvalue weighted by Gasteiger charge is 2.22. The maximum absolute atomic E-state index is 11.9. The molecule has 0 rings (SSSR count). The Labute approximate surface area is 141 Å². The Kier molecular flexibility index (Phi) is 10.9. The second kappa shape index (κ2) is 11.4. The Bertz CT molecular complexity index is 347. The van der Waals surface area contributed by atoms with Crippen LogP contribution >= 0.6 is 0 Å². The van der Waals surface area contributed by atoms with Crippen LogP contribution in [0.15, 0.2) is 0 Å². The van der Waals surface area contributed by atoms with Crippen LogP contribution in [-0.2, 0) is 14.3 Å². The summed E-state index contributed by atoms with van der Waals surface area (Å²) in [5.41, 5.74) is 0. The fourth-order valence-electron chi connectivity index (χ4n) is 2.54. The molecule has 1 atom stereocenters. The minimum absolute atomic E-state index is 0.240. The first-order valence-electron chi connectivity index (χ1n) is 8.80. The highest BCUT2D eigenvalue weighted by atomic mass is 16.5. The lowest BCUT2D eigenvalue weighted by Crippen LogP contribution is -2.45. The van der Waals surface area contributed by atoms with Gasteiger partial charge in [0.15, 0.2) is 6.10 Å². The number of hydrogen-bond donors (Lipinski definition) is 0. The van der Waals surface area contributed by atoms with Gasteiger partial charge in [-0.3, -0.25) is 4.79 Å². The van der Waals surface area contributed by atoms with Gasteiger partial charge >= 0.3 is 5.97 Å². The van der Waals surface area contributed by atoms with Gasteiger partial charge in [-0.1, -0.05) is 46.0 Å². The third kappa shape index (κ3) is 15.6. The van der Waals surface area contributed by atoms with Gasteiger partial charge in [-0.25, -0.2) is 0 Å². The Morgan fingerprint density at radius 1 is 1.00 bits per heavy atom. The van der Waals surface area contributed by atoms with Crippen molar-refractivity contribution in [1.82, 2.24) is 0 Å². The quantitative estimate of drug-likeness (QED) is 0.295. The van der Waals surface area contributed by atoms with Gasteiger partial charge in [0.2, 0.25) is 0 Å². The number of carbonyl (C=O) groups excluding carboxylic acids is 2. The van der Waals surface area contributed by atoms with E-state index in [1.807, 2.05) is 21.1 Å². The van der Waals surface area contributed by atoms with E-state index in [-0.39, 0.29) is 12.4 Å². The first-order valence-corrected chi connectivity index (χ1v) is 8.80. The largest absolute Gasteiger partial charge is 0.550 e. The minimum atomic E-state index is -1.18. The number of likely N-dealkylation sites (N-methyl/N-ethyl adjacent to an activating group) is 1. The van der Waals surface area contributed by atoms with E-state index in [1.54, 1.807) is 0 Å². The van der Waals surface area contributed by atoms with E-state index in [4.69, 9.17) is 4.74 Å². The molecule has 0 N–H and O–H groups in total. The van der Waals surface area contributed by atoms with E-state index in [0.29, 0.717) is 17.4 Å². The zero-order valence-electron chi connectivity index (χ0n) is 15.6. The Balaban J connectivity index is 3.92. The smallest absolute Gasteiger partial charge is 0.306 e. The first kappa shape index (κ1) is 21.9. The predicted octanol–water partition coefficient (Wildman–Crippen LogP) is 2.13. The summed E-state index contributed by atoms with van der Waals surface area (Å²) in [6.45, 7) is 4.93. The highest BCUT2D eigenvalue weighted by Crippen LogP contribution is 2.12. The summed E-state index contributed by atoms with van der Waals surface area (Å²) in [4.78, 5) is 22.6. The van der Waals surface area contributed by atoms with Crippen LogP contribution in [0, 0.1) is 5.92 Å². The van der Waals surface area contributed by atoms with Crippen LogP contribution in [0.4, 0.5) is 0 Å². The fraction of sp³-hybridized carbons (Fsp3) is 0.889. The normalized spacial score (nSPS) is 13.1. The van der Waals surface area contributed by atoms with Crippen molar-refractivity contribution in [2.75, 3.05) is 27.7 Å². The van der Waals surface area contributed by atoms with Crippen molar-refractivity contribution in [3.8, 4) is 0 Å². The number of carbonyl (C=O) groups is 2. The van der Waals surface area contributed by atoms with Crippen molar-refractivity contribution in [2.45, 2.75) is 71.3 Å². The molecule has 0 heterocycles. The van der Waals surface area contributed by atoms with Crippen LogP contribution in [0.1, 0.15) is 65.2 Å². The molecular weight excluding hydrogens is 294 g/mol. The number of rotatable bonds is 13. The summed E-state index contributed by atoms with van der Waals surface area (Å²) in [6.07, 6.45) is 6.21. The standard InChI is InChI=1S/C18H35NO4/c1-15(2)11-9-7-6-8-10-12-18(22)23-16(13-17(20)21)14-19(3,4)5/h15-16H,6-14H2,1-5H3. The van der Waals surface area contributed by atoms with Crippen LogP contribution in [0.3, 0.4) is 0 Å². The van der Waals surface area contributed by atoms with Crippen LogP contribution in [0.25, 0.3) is 0 Å². The topological polar surface area (TPSA) is 66.4 Å². The number of aliphatic carboxylic acids is 1. The molecule has 0 amide bonds. The van der Waals surface area contributed by atoms with Gasteiger partial charge in [-0.05, 0) is 12.3 Å². The van der Waals surface area contributed by atoms with Crippen molar-refractivity contribution in [1.29, 1.82) is 0 Å². The van der Waals surface area contributed by atoms with Gasteiger partial charge in [0.05, 0.1) is 21.1 Å². The average Bonchev–Trinajstić information content (AvgIpc) is 2.34. The van der Waals surface area contributed by atoms with Gasteiger partial charge in [-0.15, -0.1) is 0 Å².